The Labute approximate surface area is 291 Å². The van der Waals surface area contributed by atoms with Crippen molar-refractivity contribution in [2.45, 2.75) is 0 Å². The van der Waals surface area contributed by atoms with E-state index in [0.717, 1.165) is 84.7 Å². The average Bonchev–Trinajstić information content (AvgIpc) is 3.91. The highest BCUT2D eigenvalue weighted by molar-refractivity contribution is 5.86. The van der Waals surface area contributed by atoms with E-state index < -0.39 is 0 Å². The number of aromatic amines is 1. The number of fused-ring (bicyclic) bond motifs is 3. The van der Waals surface area contributed by atoms with Gasteiger partial charge < -0.3 is 0 Å². The second-order valence-electron chi connectivity index (χ2n) is 12.2. The minimum absolute atomic E-state index is 0.763. The highest BCUT2D eigenvalue weighted by Crippen LogP contribution is 2.36. The highest BCUT2D eigenvalue weighted by Gasteiger charge is 2.26. The maximum Gasteiger partial charge on any atom is 0.306 e. The predicted octanol–water partition coefficient (Wildman–Crippen LogP) is 8.31. The molecule has 0 aliphatic carbocycles. The minimum atomic E-state index is 0.763. The molecule has 51 heavy (non-hydrogen) atoms. The number of rotatable bonds is 6. The lowest BCUT2D eigenvalue weighted by Crippen LogP contribution is -2.32. The summed E-state index contributed by atoms with van der Waals surface area (Å²) in [6, 6.07) is 49.2. The van der Waals surface area contributed by atoms with Crippen molar-refractivity contribution >= 4 is 33.5 Å². The Bertz CT molecular complexity index is 2530. The van der Waals surface area contributed by atoms with Crippen molar-refractivity contribution in [3.63, 3.8) is 0 Å². The first kappa shape index (κ1) is 28.7. The molecule has 10 rings (SSSR count). The van der Waals surface area contributed by atoms with E-state index in [1.165, 1.54) is 0 Å². The SMILES string of the molecule is c1ccc(-n2c(-c3cc(-c4nc5cccnc5n4-c4ccccc4)cc(-c4[nH]c5cccnc5[n+]4-c4ccccc4)c3)nc3cccnc32)cc1. The topological polar surface area (TPSA) is 94.0 Å². The molecule has 10 aromatic rings. The van der Waals surface area contributed by atoms with Gasteiger partial charge in [-0.3, -0.25) is 14.1 Å². The Balaban J connectivity index is 1.31. The Morgan fingerprint density at radius 3 is 1.53 bits per heavy atom. The third kappa shape index (κ3) is 4.79. The molecule has 6 aromatic heterocycles. The Morgan fingerprint density at radius 2 is 0.961 bits per heavy atom. The number of para-hydroxylation sites is 3. The van der Waals surface area contributed by atoms with E-state index in [-0.39, 0.29) is 0 Å². The molecule has 240 valence electrons. The molecule has 0 radical (unpaired) electrons. The van der Waals surface area contributed by atoms with E-state index in [1.807, 2.05) is 104 Å². The van der Waals surface area contributed by atoms with Gasteiger partial charge >= 0.3 is 5.65 Å². The van der Waals surface area contributed by atoms with Gasteiger partial charge in [-0.05, 0) is 91.0 Å². The number of benzene rings is 4. The lowest BCUT2D eigenvalue weighted by Gasteiger charge is -2.13. The van der Waals surface area contributed by atoms with Crippen LogP contribution in [0, 0.1) is 0 Å². The summed E-state index contributed by atoms with van der Waals surface area (Å²) in [5.74, 6) is 2.40. The van der Waals surface area contributed by atoms with Gasteiger partial charge in [-0.1, -0.05) is 54.6 Å². The maximum absolute atomic E-state index is 5.21. The van der Waals surface area contributed by atoms with Gasteiger partial charge in [-0.15, -0.1) is 4.98 Å². The van der Waals surface area contributed by atoms with Crippen LogP contribution < -0.4 is 4.57 Å². The summed E-state index contributed by atoms with van der Waals surface area (Å²) < 4.78 is 6.41. The monoisotopic (exact) mass is 658 g/mol. The van der Waals surface area contributed by atoms with E-state index in [4.69, 9.17) is 24.9 Å². The van der Waals surface area contributed by atoms with Gasteiger partial charge in [0.15, 0.2) is 16.8 Å². The first-order valence-corrected chi connectivity index (χ1v) is 16.7. The Kier molecular flexibility index (Phi) is 6.60. The fraction of sp³-hybridized carbons (Fsp3) is 0. The zero-order chi connectivity index (χ0) is 33.7. The van der Waals surface area contributed by atoms with Gasteiger partial charge in [0.25, 0.3) is 0 Å². The Morgan fingerprint density at radius 1 is 0.471 bits per heavy atom. The molecule has 0 bridgehead atoms. The molecule has 9 nitrogen and oxygen atoms in total. The predicted molar refractivity (Wildman–Crippen MR) is 199 cm³/mol. The highest BCUT2D eigenvalue weighted by atomic mass is 15.2. The molecule has 0 atom stereocenters. The van der Waals surface area contributed by atoms with Gasteiger partial charge in [0.2, 0.25) is 5.82 Å². The molecule has 0 unspecified atom stereocenters. The standard InChI is InChI=1S/C42H27N9/c1-4-13-31(14-5-1)49-37(46-34-19-10-22-43-40(34)49)28-25-29(38-47-35-20-11-23-44-41(35)50(38)32-15-6-2-7-16-32)27-30(26-28)39-48-36-21-12-24-45-42(36)51(39)33-17-8-3-9-18-33/h1-27H/p+1. The van der Waals surface area contributed by atoms with Crippen molar-refractivity contribution in [3.8, 4) is 51.2 Å². The summed E-state index contributed by atoms with van der Waals surface area (Å²) in [4.78, 5) is 28.5. The average molecular weight is 659 g/mol. The van der Waals surface area contributed by atoms with Gasteiger partial charge in [0, 0.05) is 40.5 Å². The van der Waals surface area contributed by atoms with E-state index in [2.05, 4.69) is 79.3 Å². The number of pyridine rings is 3. The third-order valence-corrected chi connectivity index (χ3v) is 9.07. The number of nitrogens with one attached hydrogen (secondary N) is 1. The summed E-state index contributed by atoms with van der Waals surface area (Å²) in [5.41, 5.74) is 10.6. The van der Waals surface area contributed by atoms with Crippen LogP contribution in [0.2, 0.25) is 0 Å². The van der Waals surface area contributed by atoms with Crippen LogP contribution in [0.25, 0.3) is 84.7 Å². The first-order chi connectivity index (χ1) is 25.3. The van der Waals surface area contributed by atoms with Crippen molar-refractivity contribution in [1.29, 1.82) is 0 Å². The second-order valence-corrected chi connectivity index (χ2v) is 12.2. The summed E-state index contributed by atoms with van der Waals surface area (Å²) in [7, 11) is 0. The van der Waals surface area contributed by atoms with E-state index in [9.17, 15) is 0 Å². The molecule has 0 saturated heterocycles. The summed E-state index contributed by atoms with van der Waals surface area (Å²) in [6.45, 7) is 0. The van der Waals surface area contributed by atoms with Crippen LogP contribution in [-0.4, -0.2) is 39.0 Å². The molecule has 6 heterocycles. The zero-order valence-corrected chi connectivity index (χ0v) is 27.2. The maximum atomic E-state index is 5.21. The van der Waals surface area contributed by atoms with E-state index >= 15 is 0 Å². The normalized spacial score (nSPS) is 11.5. The minimum Gasteiger partial charge on any atom is -0.277 e. The molecular formula is C42H28N9+. The number of aromatic nitrogens is 9. The van der Waals surface area contributed by atoms with E-state index in [0.29, 0.717) is 0 Å². The Hall–Kier alpha value is -7.26. The fourth-order valence-corrected chi connectivity index (χ4v) is 6.87. The number of imidazole rings is 3. The smallest absolute Gasteiger partial charge is 0.277 e. The van der Waals surface area contributed by atoms with Crippen molar-refractivity contribution in [1.82, 2.24) is 39.0 Å². The van der Waals surface area contributed by atoms with Crippen molar-refractivity contribution in [2.75, 3.05) is 0 Å². The summed E-state index contributed by atoms with van der Waals surface area (Å²) in [5, 5.41) is 0. The lowest BCUT2D eigenvalue weighted by atomic mass is 10.0. The van der Waals surface area contributed by atoms with Crippen molar-refractivity contribution in [2.24, 2.45) is 0 Å². The van der Waals surface area contributed by atoms with Gasteiger partial charge in [-0.25, -0.2) is 19.9 Å². The van der Waals surface area contributed by atoms with Crippen LogP contribution in [0.5, 0.6) is 0 Å². The van der Waals surface area contributed by atoms with Crippen LogP contribution >= 0.6 is 0 Å². The second kappa shape index (κ2) is 11.7. The van der Waals surface area contributed by atoms with Crippen LogP contribution in [-0.2, 0) is 0 Å². The zero-order valence-electron chi connectivity index (χ0n) is 27.2. The van der Waals surface area contributed by atoms with Crippen LogP contribution in [0.15, 0.2) is 164 Å². The quantitative estimate of drug-likeness (QED) is 0.182. The molecule has 0 fully saturated rings. The largest absolute Gasteiger partial charge is 0.306 e. The molecule has 0 aliphatic heterocycles. The van der Waals surface area contributed by atoms with E-state index in [1.54, 1.807) is 0 Å². The van der Waals surface area contributed by atoms with Gasteiger partial charge in [-0.2, -0.15) is 4.57 Å². The van der Waals surface area contributed by atoms with Crippen molar-refractivity contribution < 1.29 is 4.57 Å². The molecule has 0 aliphatic rings. The number of hydrogen-bond acceptors (Lipinski definition) is 5. The molecule has 4 aromatic carbocycles. The molecular weight excluding hydrogens is 631 g/mol. The number of hydrogen-bond donors (Lipinski definition) is 1. The third-order valence-electron chi connectivity index (χ3n) is 9.07. The van der Waals surface area contributed by atoms with Crippen molar-refractivity contribution in [3.05, 3.63) is 164 Å². The molecule has 0 saturated carbocycles. The molecule has 0 amide bonds. The molecule has 1 N–H and O–H groups in total. The lowest BCUT2D eigenvalue weighted by molar-refractivity contribution is -0.557. The summed E-state index contributed by atoms with van der Waals surface area (Å²) >= 11 is 0. The summed E-state index contributed by atoms with van der Waals surface area (Å²) in [6.07, 6.45) is 5.45. The molecule has 9 heteroatoms. The van der Waals surface area contributed by atoms with Gasteiger partial charge in [0.05, 0.1) is 0 Å². The van der Waals surface area contributed by atoms with Gasteiger partial charge in [0.1, 0.15) is 34.6 Å². The molecule has 0 spiro atoms. The van der Waals surface area contributed by atoms with Crippen LogP contribution in [0.3, 0.4) is 0 Å². The fourth-order valence-electron chi connectivity index (χ4n) is 6.87. The van der Waals surface area contributed by atoms with Crippen LogP contribution in [0.4, 0.5) is 0 Å². The number of H-pyrrole nitrogens is 1. The van der Waals surface area contributed by atoms with Crippen LogP contribution in [0.1, 0.15) is 0 Å². The number of nitrogens with zero attached hydrogens (tertiary/aromatic N) is 8. The first-order valence-electron chi connectivity index (χ1n) is 16.7.